The molecular formula is C21H48N2O7Si2. The van der Waals surface area contributed by atoms with Crippen molar-refractivity contribution in [2.24, 2.45) is 5.73 Å². The van der Waals surface area contributed by atoms with Crippen molar-refractivity contribution in [3.8, 4) is 0 Å². The first kappa shape index (κ1) is 31.5. The van der Waals surface area contributed by atoms with Crippen molar-refractivity contribution >= 4 is 23.6 Å². The molecule has 0 aliphatic heterocycles. The maximum atomic E-state index is 12.2. The van der Waals surface area contributed by atoms with Crippen molar-refractivity contribution in [2.45, 2.75) is 79.3 Å². The van der Waals surface area contributed by atoms with Gasteiger partial charge in [0.2, 0.25) is 0 Å². The Morgan fingerprint density at radius 3 is 1.09 bits per heavy atom. The molecule has 0 fully saturated rings. The summed E-state index contributed by atoms with van der Waals surface area (Å²) in [5.74, 6) is 0. The van der Waals surface area contributed by atoms with E-state index in [0.717, 1.165) is 0 Å². The Labute approximate surface area is 197 Å². The molecular weight excluding hydrogens is 448 g/mol. The number of primary amides is 1. The number of rotatable bonds is 20. The lowest BCUT2D eigenvalue weighted by molar-refractivity contribution is 0.0595. The predicted molar refractivity (Wildman–Crippen MR) is 131 cm³/mol. The summed E-state index contributed by atoms with van der Waals surface area (Å²) in [4.78, 5) is 13.8. The van der Waals surface area contributed by atoms with Gasteiger partial charge in [0.05, 0.1) is 0 Å². The first-order chi connectivity index (χ1) is 15.2. The molecule has 11 heteroatoms. The highest BCUT2D eigenvalue weighted by Crippen LogP contribution is 2.31. The molecule has 0 aliphatic rings. The van der Waals surface area contributed by atoms with E-state index in [-0.39, 0.29) is 11.1 Å². The zero-order valence-corrected chi connectivity index (χ0v) is 23.6. The normalized spacial score (nSPS) is 14.4. The lowest BCUT2D eigenvalue weighted by Crippen LogP contribution is -2.51. The number of nitrogens with two attached hydrogens (primary N) is 1. The molecule has 0 bridgehead atoms. The minimum absolute atomic E-state index is 0.0327. The first-order valence-electron chi connectivity index (χ1n) is 12.1. The van der Waals surface area contributed by atoms with Gasteiger partial charge in [0.25, 0.3) is 0 Å². The van der Waals surface area contributed by atoms with E-state index in [9.17, 15) is 4.79 Å². The molecule has 0 saturated carbocycles. The van der Waals surface area contributed by atoms with Gasteiger partial charge in [-0.05, 0) is 54.4 Å². The quantitative estimate of drug-likeness (QED) is 0.254. The van der Waals surface area contributed by atoms with E-state index in [2.05, 4.69) is 13.8 Å². The van der Waals surface area contributed by atoms with Gasteiger partial charge in [0.15, 0.2) is 0 Å². The SMILES string of the molecule is CCO[Si](OCC)(OCC)C(C)CCN(CCC(C)[Si](OCC)(OCC)OCC)C(N)=O. The van der Waals surface area contributed by atoms with Crippen molar-refractivity contribution in [2.75, 3.05) is 52.7 Å². The fourth-order valence-corrected chi connectivity index (χ4v) is 9.28. The van der Waals surface area contributed by atoms with Gasteiger partial charge >= 0.3 is 23.6 Å². The smallest absolute Gasteiger partial charge is 0.374 e. The molecule has 0 aromatic heterocycles. The molecule has 0 aromatic rings. The largest absolute Gasteiger partial charge is 0.503 e. The summed E-state index contributed by atoms with van der Waals surface area (Å²) in [7, 11) is -5.68. The summed E-state index contributed by atoms with van der Waals surface area (Å²) in [5, 5.41) is 0. The third-order valence-electron chi connectivity index (χ3n) is 5.26. The van der Waals surface area contributed by atoms with Crippen molar-refractivity contribution in [3.05, 3.63) is 0 Å². The van der Waals surface area contributed by atoms with E-state index in [1.165, 1.54) is 0 Å². The van der Waals surface area contributed by atoms with Crippen LogP contribution in [0.4, 0.5) is 4.79 Å². The molecule has 2 unspecified atom stereocenters. The average molecular weight is 497 g/mol. The number of nitrogens with zero attached hydrogens (tertiary/aromatic N) is 1. The number of hydrogen-bond acceptors (Lipinski definition) is 7. The van der Waals surface area contributed by atoms with Crippen LogP contribution in [0, 0.1) is 0 Å². The lowest BCUT2D eigenvalue weighted by Gasteiger charge is -2.35. The van der Waals surface area contributed by atoms with Gasteiger partial charge in [0, 0.05) is 63.8 Å². The number of carbonyl (C=O) groups is 1. The summed E-state index contributed by atoms with van der Waals surface area (Å²) in [5.41, 5.74) is 5.77. The maximum absolute atomic E-state index is 12.2. The third-order valence-corrected chi connectivity index (χ3v) is 12.4. The minimum atomic E-state index is -2.84. The molecule has 0 rings (SSSR count). The molecule has 2 amide bonds. The highest BCUT2D eigenvalue weighted by atomic mass is 28.4. The van der Waals surface area contributed by atoms with Crippen molar-refractivity contribution < 1.29 is 31.4 Å². The van der Waals surface area contributed by atoms with E-state index in [0.29, 0.717) is 65.6 Å². The molecule has 0 radical (unpaired) electrons. The highest BCUT2D eigenvalue weighted by Gasteiger charge is 2.48. The number of carbonyl (C=O) groups excluding carboxylic acids is 1. The van der Waals surface area contributed by atoms with Gasteiger partial charge in [-0.15, -0.1) is 0 Å². The molecule has 0 saturated heterocycles. The minimum Gasteiger partial charge on any atom is -0.374 e. The Hall–Kier alpha value is -0.536. The van der Waals surface area contributed by atoms with E-state index < -0.39 is 23.6 Å². The molecule has 9 nitrogen and oxygen atoms in total. The second-order valence-electron chi connectivity index (χ2n) is 7.51. The molecule has 0 aliphatic carbocycles. The summed E-state index contributed by atoms with van der Waals surface area (Å²) < 4.78 is 36.0. The predicted octanol–water partition coefficient (Wildman–Crippen LogP) is 4.02. The van der Waals surface area contributed by atoms with E-state index in [1.807, 2.05) is 41.5 Å². The first-order valence-corrected chi connectivity index (χ1v) is 15.7. The van der Waals surface area contributed by atoms with Crippen molar-refractivity contribution in [1.82, 2.24) is 4.90 Å². The Kier molecular flexibility index (Phi) is 16.7. The van der Waals surface area contributed by atoms with Crippen LogP contribution in [0.5, 0.6) is 0 Å². The summed E-state index contributed by atoms with van der Waals surface area (Å²) >= 11 is 0. The van der Waals surface area contributed by atoms with Gasteiger partial charge in [-0.2, -0.15) is 0 Å². The zero-order chi connectivity index (χ0) is 24.6. The van der Waals surface area contributed by atoms with E-state index in [1.54, 1.807) is 4.90 Å². The second-order valence-corrected chi connectivity index (χ2v) is 13.6. The highest BCUT2D eigenvalue weighted by molar-refractivity contribution is 6.62. The Morgan fingerprint density at radius 1 is 0.656 bits per heavy atom. The molecule has 0 aromatic carbocycles. The molecule has 0 spiro atoms. The fourth-order valence-electron chi connectivity index (χ4n) is 3.70. The van der Waals surface area contributed by atoms with Gasteiger partial charge in [0.1, 0.15) is 0 Å². The Bertz CT molecular complexity index is 433. The van der Waals surface area contributed by atoms with Crippen LogP contribution in [0.15, 0.2) is 0 Å². The Balaban J connectivity index is 5.23. The molecule has 2 atom stereocenters. The molecule has 0 heterocycles. The monoisotopic (exact) mass is 496 g/mol. The second kappa shape index (κ2) is 17.0. The summed E-state index contributed by atoms with van der Waals surface area (Å²) in [6.07, 6.45) is 1.35. The summed E-state index contributed by atoms with van der Waals surface area (Å²) in [6, 6.07) is -0.447. The number of amides is 2. The number of urea groups is 1. The number of hydrogen-bond donors (Lipinski definition) is 1. The van der Waals surface area contributed by atoms with E-state index in [4.69, 9.17) is 32.3 Å². The van der Waals surface area contributed by atoms with Crippen LogP contribution in [0.1, 0.15) is 68.2 Å². The van der Waals surface area contributed by atoms with Crippen LogP contribution < -0.4 is 5.73 Å². The average Bonchev–Trinajstić information content (AvgIpc) is 2.73. The topological polar surface area (TPSA) is 102 Å². The van der Waals surface area contributed by atoms with Crippen LogP contribution in [0.3, 0.4) is 0 Å². The van der Waals surface area contributed by atoms with E-state index >= 15 is 0 Å². The van der Waals surface area contributed by atoms with Crippen LogP contribution >= 0.6 is 0 Å². The van der Waals surface area contributed by atoms with Gasteiger partial charge in [-0.25, -0.2) is 4.79 Å². The fraction of sp³-hybridized carbons (Fsp3) is 0.952. The van der Waals surface area contributed by atoms with Gasteiger partial charge in [-0.3, -0.25) is 0 Å². The standard InChI is InChI=1S/C21H48N2O7Si2/c1-9-25-31(26-10-2,27-11-3)19(7)15-17-23(21(22)24)18-16-20(8)32(28-12-4,29-13-5)30-14-6/h19-20H,9-18H2,1-8H3,(H2,22,24). The van der Waals surface area contributed by atoms with Gasteiger partial charge in [-0.1, -0.05) is 13.8 Å². The molecule has 192 valence electrons. The third kappa shape index (κ3) is 9.76. The molecule has 2 N–H and O–H groups in total. The van der Waals surface area contributed by atoms with Crippen molar-refractivity contribution in [1.29, 1.82) is 0 Å². The van der Waals surface area contributed by atoms with Crippen LogP contribution in [-0.4, -0.2) is 81.3 Å². The van der Waals surface area contributed by atoms with Gasteiger partial charge < -0.3 is 37.2 Å². The maximum Gasteiger partial charge on any atom is 0.503 e. The van der Waals surface area contributed by atoms with Crippen LogP contribution in [0.2, 0.25) is 11.1 Å². The van der Waals surface area contributed by atoms with Crippen LogP contribution in [0.25, 0.3) is 0 Å². The van der Waals surface area contributed by atoms with Crippen LogP contribution in [-0.2, 0) is 26.6 Å². The summed E-state index contributed by atoms with van der Waals surface area (Å²) in [6.45, 7) is 19.9. The zero-order valence-electron chi connectivity index (χ0n) is 21.6. The molecule has 32 heavy (non-hydrogen) atoms. The lowest BCUT2D eigenvalue weighted by atomic mass is 10.2. The van der Waals surface area contributed by atoms with Crippen molar-refractivity contribution in [3.63, 3.8) is 0 Å². The Morgan fingerprint density at radius 2 is 0.906 bits per heavy atom.